The van der Waals surface area contributed by atoms with Crippen LogP contribution in [0.2, 0.25) is 0 Å². The van der Waals surface area contributed by atoms with E-state index in [0.29, 0.717) is 5.56 Å². The lowest BCUT2D eigenvalue weighted by Gasteiger charge is -2.28. The van der Waals surface area contributed by atoms with E-state index in [2.05, 4.69) is 5.32 Å². The van der Waals surface area contributed by atoms with Crippen molar-refractivity contribution in [1.82, 2.24) is 10.2 Å². The molecule has 114 valence electrons. The molecule has 0 radical (unpaired) electrons. The molecule has 0 saturated carbocycles. The lowest BCUT2D eigenvalue weighted by Crippen LogP contribution is -2.42. The van der Waals surface area contributed by atoms with Crippen molar-refractivity contribution in [3.05, 3.63) is 29.8 Å². The van der Waals surface area contributed by atoms with Crippen LogP contribution in [0, 0.1) is 0 Å². The van der Waals surface area contributed by atoms with E-state index in [4.69, 9.17) is 0 Å². The summed E-state index contributed by atoms with van der Waals surface area (Å²) in [7, 11) is -3.40. The van der Waals surface area contributed by atoms with E-state index in [1.54, 1.807) is 18.2 Å². The summed E-state index contributed by atoms with van der Waals surface area (Å²) in [6.07, 6.45) is 4.09. The van der Waals surface area contributed by atoms with Crippen LogP contribution in [0.5, 0.6) is 0 Å². The maximum Gasteiger partial charge on any atom is 0.255 e. The Morgan fingerprint density at radius 1 is 1.19 bits per heavy atom. The smallest absolute Gasteiger partial charge is 0.255 e. The maximum atomic E-state index is 12.9. The molecule has 1 amide bonds. The van der Waals surface area contributed by atoms with E-state index in [0.717, 1.165) is 38.6 Å². The SMILES string of the molecule is CS(=O)(=O)c1ccccc1C(=O)N1C2CCNCC1CC2. The Morgan fingerprint density at radius 2 is 1.90 bits per heavy atom. The highest BCUT2D eigenvalue weighted by Gasteiger charge is 2.39. The molecule has 21 heavy (non-hydrogen) atoms. The van der Waals surface area contributed by atoms with Gasteiger partial charge in [0.15, 0.2) is 9.84 Å². The van der Waals surface area contributed by atoms with Crippen LogP contribution in [-0.2, 0) is 9.84 Å². The largest absolute Gasteiger partial charge is 0.331 e. The molecule has 2 fully saturated rings. The first kappa shape index (κ1) is 14.5. The van der Waals surface area contributed by atoms with Gasteiger partial charge in [-0.25, -0.2) is 8.42 Å². The van der Waals surface area contributed by atoms with E-state index in [9.17, 15) is 13.2 Å². The van der Waals surface area contributed by atoms with Gasteiger partial charge >= 0.3 is 0 Å². The standard InChI is InChI=1S/C15H20N2O3S/c1-21(19,20)14-5-3-2-4-13(14)15(18)17-11-6-7-12(17)10-16-9-8-11/h2-5,11-12,16H,6-10H2,1H3. The van der Waals surface area contributed by atoms with E-state index in [1.165, 1.54) is 6.07 Å². The molecule has 2 bridgehead atoms. The highest BCUT2D eigenvalue weighted by molar-refractivity contribution is 7.90. The molecule has 6 heteroatoms. The van der Waals surface area contributed by atoms with Crippen LogP contribution in [0.4, 0.5) is 0 Å². The monoisotopic (exact) mass is 308 g/mol. The topological polar surface area (TPSA) is 66.5 Å². The van der Waals surface area contributed by atoms with Crippen LogP contribution >= 0.6 is 0 Å². The van der Waals surface area contributed by atoms with Crippen molar-refractivity contribution in [2.24, 2.45) is 0 Å². The average molecular weight is 308 g/mol. The molecule has 2 aliphatic heterocycles. The molecule has 1 aromatic rings. The zero-order chi connectivity index (χ0) is 15.0. The maximum absolute atomic E-state index is 12.9. The van der Waals surface area contributed by atoms with Crippen LogP contribution in [0.1, 0.15) is 29.6 Å². The lowest BCUT2D eigenvalue weighted by atomic mass is 10.1. The minimum Gasteiger partial charge on any atom is -0.331 e. The molecule has 0 aromatic heterocycles. The molecule has 1 aromatic carbocycles. The van der Waals surface area contributed by atoms with E-state index in [1.807, 2.05) is 4.90 Å². The summed E-state index contributed by atoms with van der Waals surface area (Å²) >= 11 is 0. The fraction of sp³-hybridized carbons (Fsp3) is 0.533. The summed E-state index contributed by atoms with van der Waals surface area (Å²) < 4.78 is 23.8. The third-order valence-electron chi connectivity index (χ3n) is 4.41. The Balaban J connectivity index is 2.00. The number of amides is 1. The Bertz CT molecular complexity index is 643. The molecule has 0 aliphatic carbocycles. The van der Waals surface area contributed by atoms with Crippen molar-refractivity contribution in [2.45, 2.75) is 36.2 Å². The number of carbonyl (C=O) groups is 1. The second kappa shape index (κ2) is 5.42. The van der Waals surface area contributed by atoms with Crippen molar-refractivity contribution in [2.75, 3.05) is 19.3 Å². The van der Waals surface area contributed by atoms with E-state index in [-0.39, 0.29) is 22.9 Å². The third-order valence-corrected chi connectivity index (χ3v) is 5.56. The molecular weight excluding hydrogens is 288 g/mol. The van der Waals surface area contributed by atoms with Gasteiger partial charge in [-0.2, -0.15) is 0 Å². The van der Waals surface area contributed by atoms with Gasteiger partial charge < -0.3 is 10.2 Å². The van der Waals surface area contributed by atoms with Crippen molar-refractivity contribution < 1.29 is 13.2 Å². The lowest BCUT2D eigenvalue weighted by molar-refractivity contribution is 0.0676. The highest BCUT2D eigenvalue weighted by atomic mass is 32.2. The van der Waals surface area contributed by atoms with Crippen LogP contribution in [-0.4, -0.2) is 50.7 Å². The zero-order valence-electron chi connectivity index (χ0n) is 12.1. The van der Waals surface area contributed by atoms with Gasteiger partial charge in [0.2, 0.25) is 0 Å². The normalized spacial score (nSPS) is 25.7. The third kappa shape index (κ3) is 2.70. The molecule has 2 unspecified atom stereocenters. The number of carbonyl (C=O) groups excluding carboxylic acids is 1. The predicted molar refractivity (Wildman–Crippen MR) is 80.0 cm³/mol. The van der Waals surface area contributed by atoms with Gasteiger partial charge in [-0.05, 0) is 37.9 Å². The first-order valence-corrected chi connectivity index (χ1v) is 9.20. The Morgan fingerprint density at radius 3 is 2.67 bits per heavy atom. The number of hydrogen-bond acceptors (Lipinski definition) is 4. The van der Waals surface area contributed by atoms with Crippen molar-refractivity contribution in [1.29, 1.82) is 0 Å². The summed E-state index contributed by atoms with van der Waals surface area (Å²) in [5.41, 5.74) is 0.304. The van der Waals surface area contributed by atoms with Crippen LogP contribution in [0.25, 0.3) is 0 Å². The van der Waals surface area contributed by atoms with Crippen LogP contribution in [0.3, 0.4) is 0 Å². The summed E-state index contributed by atoms with van der Waals surface area (Å²) in [5, 5.41) is 3.35. The van der Waals surface area contributed by atoms with Gasteiger partial charge in [-0.3, -0.25) is 4.79 Å². The van der Waals surface area contributed by atoms with Crippen molar-refractivity contribution >= 4 is 15.7 Å². The van der Waals surface area contributed by atoms with Crippen molar-refractivity contribution in [3.8, 4) is 0 Å². The summed E-state index contributed by atoms with van der Waals surface area (Å²) in [6, 6.07) is 6.92. The second-order valence-electron chi connectivity index (χ2n) is 5.86. The van der Waals surface area contributed by atoms with E-state index < -0.39 is 9.84 Å². The summed E-state index contributed by atoms with van der Waals surface area (Å²) in [5.74, 6) is -0.146. The number of rotatable bonds is 2. The fourth-order valence-electron chi connectivity index (χ4n) is 3.42. The zero-order valence-corrected chi connectivity index (χ0v) is 12.9. The average Bonchev–Trinajstić information content (AvgIpc) is 2.70. The minimum absolute atomic E-state index is 0.131. The van der Waals surface area contributed by atoms with Gasteiger partial charge in [-0.1, -0.05) is 12.1 Å². The molecule has 2 saturated heterocycles. The Labute approximate surface area is 125 Å². The molecule has 3 rings (SSSR count). The molecule has 2 heterocycles. The minimum atomic E-state index is -3.40. The number of fused-ring (bicyclic) bond motifs is 2. The highest BCUT2D eigenvalue weighted by Crippen LogP contribution is 2.30. The van der Waals surface area contributed by atoms with E-state index >= 15 is 0 Å². The van der Waals surface area contributed by atoms with Gasteiger partial charge in [0.25, 0.3) is 5.91 Å². The van der Waals surface area contributed by atoms with Gasteiger partial charge in [0.05, 0.1) is 10.5 Å². The first-order chi connectivity index (χ1) is 9.98. The van der Waals surface area contributed by atoms with Gasteiger partial charge in [0, 0.05) is 24.9 Å². The first-order valence-electron chi connectivity index (χ1n) is 7.31. The van der Waals surface area contributed by atoms with Crippen molar-refractivity contribution in [3.63, 3.8) is 0 Å². The second-order valence-corrected chi connectivity index (χ2v) is 7.84. The summed E-state index contributed by atoms with van der Waals surface area (Å²) in [4.78, 5) is 15.0. The number of hydrogen-bond donors (Lipinski definition) is 1. The molecule has 0 spiro atoms. The predicted octanol–water partition coefficient (Wildman–Crippen LogP) is 1.06. The molecule has 2 aliphatic rings. The Hall–Kier alpha value is -1.40. The number of benzene rings is 1. The Kier molecular flexibility index (Phi) is 3.75. The molecule has 1 N–H and O–H groups in total. The number of nitrogens with zero attached hydrogens (tertiary/aromatic N) is 1. The quantitative estimate of drug-likeness (QED) is 0.887. The summed E-state index contributed by atoms with van der Waals surface area (Å²) in [6.45, 7) is 1.71. The fourth-order valence-corrected chi connectivity index (χ4v) is 4.30. The molecule has 2 atom stereocenters. The van der Waals surface area contributed by atoms with Gasteiger partial charge in [0.1, 0.15) is 0 Å². The number of nitrogens with one attached hydrogen (secondary N) is 1. The molecule has 5 nitrogen and oxygen atoms in total. The van der Waals surface area contributed by atoms with Gasteiger partial charge in [-0.15, -0.1) is 0 Å². The number of sulfone groups is 1. The van der Waals surface area contributed by atoms with Crippen LogP contribution in [0.15, 0.2) is 29.2 Å². The molecular formula is C15H20N2O3S. The van der Waals surface area contributed by atoms with Crippen LogP contribution < -0.4 is 5.32 Å².